The lowest BCUT2D eigenvalue weighted by Crippen LogP contribution is -2.25. The quantitative estimate of drug-likeness (QED) is 0.442. The summed E-state index contributed by atoms with van der Waals surface area (Å²) < 4.78 is 12.9. The van der Waals surface area contributed by atoms with Gasteiger partial charge in [0.2, 0.25) is 0 Å². The van der Waals surface area contributed by atoms with Crippen molar-refractivity contribution in [3.05, 3.63) is 35.1 Å². The first-order valence-corrected chi connectivity index (χ1v) is 3.95. The zero-order valence-electron chi connectivity index (χ0n) is 7.36. The first-order valence-electron chi connectivity index (χ1n) is 3.95. The van der Waals surface area contributed by atoms with Crippen molar-refractivity contribution in [2.45, 2.75) is 0 Å². The molecule has 0 N–H and O–H groups in total. The van der Waals surface area contributed by atoms with Crippen molar-refractivity contribution >= 4 is 17.3 Å². The minimum atomic E-state index is -0.437. The van der Waals surface area contributed by atoms with Crippen LogP contribution in [-0.4, -0.2) is 23.5 Å². The molecule has 0 bridgehead atoms. The highest BCUT2D eigenvalue weighted by molar-refractivity contribution is 6.52. The Morgan fingerprint density at radius 3 is 2.86 bits per heavy atom. The molecule has 0 aliphatic carbocycles. The molecule has 0 fully saturated rings. The molecule has 1 aromatic rings. The van der Waals surface area contributed by atoms with Crippen molar-refractivity contribution in [3.63, 3.8) is 0 Å². The van der Waals surface area contributed by atoms with E-state index in [0.717, 1.165) is 0 Å². The van der Waals surface area contributed by atoms with E-state index in [1.807, 2.05) is 0 Å². The molecule has 1 aliphatic rings. The molecule has 1 heterocycles. The first kappa shape index (κ1) is 8.59. The van der Waals surface area contributed by atoms with Crippen LogP contribution in [0.5, 0.6) is 0 Å². The molecule has 0 radical (unpaired) electrons. The molecule has 70 valence electrons. The van der Waals surface area contributed by atoms with Crippen molar-refractivity contribution in [1.29, 1.82) is 0 Å². The van der Waals surface area contributed by atoms with Crippen LogP contribution in [0.1, 0.15) is 5.56 Å². The lowest BCUT2D eigenvalue weighted by molar-refractivity contribution is -0.115. The number of anilines is 1. The fraction of sp³-hybridized carbons (Fsp3) is 0.111. The number of rotatable bonds is 0. The molecule has 2 rings (SSSR count). The maximum Gasteiger partial charge on any atom is 0.389 e. The second-order valence-electron chi connectivity index (χ2n) is 2.97. The van der Waals surface area contributed by atoms with E-state index in [1.165, 1.54) is 30.1 Å². The molecular weight excluding hydrogens is 185 g/mol. The Kier molecular flexibility index (Phi) is 1.69. The Labute approximate surface area is 79.2 Å². The van der Waals surface area contributed by atoms with Gasteiger partial charge < -0.3 is 10.4 Å². The number of hydrogen-bond acceptors (Lipinski definition) is 1. The van der Waals surface area contributed by atoms with E-state index in [1.54, 1.807) is 0 Å². The minimum absolute atomic E-state index is 0.0532. The lowest BCUT2D eigenvalue weighted by atomic mass is 10.1. The monoisotopic (exact) mass is 191 g/mol. The maximum atomic E-state index is 12.9. The molecule has 0 spiro atoms. The number of benzene rings is 1. The Bertz CT molecular complexity index is 477. The van der Waals surface area contributed by atoms with Crippen molar-refractivity contribution in [3.8, 4) is 0 Å². The summed E-state index contributed by atoms with van der Waals surface area (Å²) in [6, 6.07) is 3.86. The van der Waals surface area contributed by atoms with Crippen LogP contribution in [0.2, 0.25) is 0 Å². The van der Waals surface area contributed by atoms with Gasteiger partial charge in [-0.3, -0.25) is 4.79 Å². The predicted molar refractivity (Wildman–Crippen MR) is 47.5 cm³/mol. The highest BCUT2D eigenvalue weighted by Gasteiger charge is 2.38. The third kappa shape index (κ3) is 0.963. The summed E-state index contributed by atoms with van der Waals surface area (Å²) in [6.45, 7) is 0. The number of fused-ring (bicyclic) bond motifs is 1. The number of nitrogens with zero attached hydrogens (tertiary/aromatic N) is 3. The number of hydrogen-bond donors (Lipinski definition) is 0. The fourth-order valence-electron chi connectivity index (χ4n) is 1.46. The average Bonchev–Trinajstić information content (AvgIpc) is 2.41. The van der Waals surface area contributed by atoms with E-state index in [-0.39, 0.29) is 5.71 Å². The van der Waals surface area contributed by atoms with E-state index in [2.05, 4.69) is 4.79 Å². The van der Waals surface area contributed by atoms with Crippen LogP contribution in [0.25, 0.3) is 5.53 Å². The van der Waals surface area contributed by atoms with Gasteiger partial charge in [-0.1, -0.05) is 0 Å². The summed E-state index contributed by atoms with van der Waals surface area (Å²) in [4.78, 5) is 15.6. The molecule has 1 aromatic carbocycles. The van der Waals surface area contributed by atoms with Crippen molar-refractivity contribution in [2.75, 3.05) is 11.9 Å². The summed E-state index contributed by atoms with van der Waals surface area (Å²) in [5, 5.41) is 0. The van der Waals surface area contributed by atoms with Crippen LogP contribution in [-0.2, 0) is 4.79 Å². The van der Waals surface area contributed by atoms with Gasteiger partial charge in [0, 0.05) is 7.05 Å². The molecular formula is C9H6FN3O. The topological polar surface area (TPSA) is 56.7 Å². The van der Waals surface area contributed by atoms with Gasteiger partial charge in [-0.15, -0.1) is 0 Å². The van der Waals surface area contributed by atoms with Gasteiger partial charge in [0.05, 0.1) is 11.3 Å². The molecule has 0 saturated heterocycles. The van der Waals surface area contributed by atoms with Crippen LogP contribution in [0.3, 0.4) is 0 Å². The lowest BCUT2D eigenvalue weighted by Gasteiger charge is -2.06. The zero-order chi connectivity index (χ0) is 10.3. The average molecular weight is 191 g/mol. The van der Waals surface area contributed by atoms with Crippen LogP contribution >= 0.6 is 0 Å². The molecule has 1 aliphatic heterocycles. The summed E-state index contributed by atoms with van der Waals surface area (Å²) in [6.07, 6.45) is 0. The van der Waals surface area contributed by atoms with Gasteiger partial charge in [-0.2, -0.15) is 4.79 Å². The minimum Gasteiger partial charge on any atom is -0.361 e. The van der Waals surface area contributed by atoms with Crippen molar-refractivity contribution in [1.82, 2.24) is 0 Å². The molecule has 14 heavy (non-hydrogen) atoms. The second kappa shape index (κ2) is 2.75. The van der Waals surface area contributed by atoms with Gasteiger partial charge in [-0.05, 0) is 18.2 Å². The third-order valence-electron chi connectivity index (χ3n) is 2.18. The van der Waals surface area contributed by atoms with E-state index in [9.17, 15) is 9.18 Å². The van der Waals surface area contributed by atoms with Crippen LogP contribution in [0, 0.1) is 5.82 Å². The number of halogens is 1. The maximum absolute atomic E-state index is 12.9. The van der Waals surface area contributed by atoms with E-state index < -0.39 is 11.7 Å². The highest BCUT2D eigenvalue weighted by atomic mass is 19.1. The van der Waals surface area contributed by atoms with Crippen LogP contribution in [0.15, 0.2) is 18.2 Å². The normalized spacial score (nSPS) is 14.3. The smallest absolute Gasteiger partial charge is 0.361 e. The molecule has 4 nitrogen and oxygen atoms in total. The number of carbonyl (C=O) groups is 1. The van der Waals surface area contributed by atoms with Crippen LogP contribution in [0.4, 0.5) is 10.1 Å². The highest BCUT2D eigenvalue weighted by Crippen LogP contribution is 2.27. The number of likely N-dealkylation sites (N-methyl/N-ethyl adjacent to an activating group) is 1. The summed E-state index contributed by atoms with van der Waals surface area (Å²) in [5.74, 6) is -0.865. The molecule has 0 aromatic heterocycles. The van der Waals surface area contributed by atoms with Gasteiger partial charge in [0.15, 0.2) is 0 Å². The fourth-order valence-corrected chi connectivity index (χ4v) is 1.46. The molecule has 1 amide bonds. The van der Waals surface area contributed by atoms with Crippen molar-refractivity contribution in [2.24, 2.45) is 0 Å². The van der Waals surface area contributed by atoms with Gasteiger partial charge >= 0.3 is 11.6 Å². The van der Waals surface area contributed by atoms with E-state index in [0.29, 0.717) is 11.3 Å². The Morgan fingerprint density at radius 1 is 1.50 bits per heavy atom. The molecule has 5 heteroatoms. The SMILES string of the molecule is CN1C(=O)C(=[N+]=[N-])c2ccc(F)cc21. The molecule has 0 unspecified atom stereocenters. The summed E-state index contributed by atoms with van der Waals surface area (Å²) in [7, 11) is 1.50. The second-order valence-corrected chi connectivity index (χ2v) is 2.97. The predicted octanol–water partition coefficient (Wildman–Crippen LogP) is 0.821. The summed E-state index contributed by atoms with van der Waals surface area (Å²) in [5.41, 5.74) is 9.43. The standard InChI is InChI=1S/C9H6FN3O/c1-13-7-4-5(10)2-3-6(7)8(12-11)9(13)14/h2-4H,1H3. The van der Waals surface area contributed by atoms with Crippen molar-refractivity contribution < 1.29 is 14.0 Å². The number of amides is 1. The Balaban J connectivity index is 2.74. The van der Waals surface area contributed by atoms with E-state index >= 15 is 0 Å². The Hall–Kier alpha value is -2.00. The zero-order valence-corrected chi connectivity index (χ0v) is 7.36. The Morgan fingerprint density at radius 2 is 2.21 bits per heavy atom. The van der Waals surface area contributed by atoms with Gasteiger partial charge in [-0.25, -0.2) is 4.39 Å². The third-order valence-corrected chi connectivity index (χ3v) is 2.18. The molecule has 0 saturated carbocycles. The summed E-state index contributed by atoms with van der Waals surface area (Å²) >= 11 is 0. The van der Waals surface area contributed by atoms with E-state index in [4.69, 9.17) is 5.53 Å². The van der Waals surface area contributed by atoms with Crippen LogP contribution < -0.4 is 4.90 Å². The van der Waals surface area contributed by atoms with Gasteiger partial charge in [0.1, 0.15) is 5.82 Å². The van der Waals surface area contributed by atoms with Gasteiger partial charge in [0.25, 0.3) is 0 Å². The largest absolute Gasteiger partial charge is 0.389 e. The first-order chi connectivity index (χ1) is 6.65. The number of carbonyl (C=O) groups excluding carboxylic acids is 1. The molecule has 0 atom stereocenters.